The number of amides is 1. The molecule has 3 aliphatic rings. The first-order valence-corrected chi connectivity index (χ1v) is 12.2. The van der Waals surface area contributed by atoms with Gasteiger partial charge in [0.05, 0.1) is 4.70 Å². The van der Waals surface area contributed by atoms with Gasteiger partial charge >= 0.3 is 0 Å². The highest BCUT2D eigenvalue weighted by molar-refractivity contribution is 7.13. The zero-order chi connectivity index (χ0) is 21.0. The van der Waals surface area contributed by atoms with Crippen molar-refractivity contribution in [2.75, 3.05) is 37.6 Å². The second-order valence-electron chi connectivity index (χ2n) is 8.83. The van der Waals surface area contributed by atoms with E-state index in [2.05, 4.69) is 44.7 Å². The van der Waals surface area contributed by atoms with Crippen LogP contribution >= 0.6 is 11.5 Å². The molecule has 31 heavy (non-hydrogen) atoms. The molecule has 1 saturated heterocycles. The monoisotopic (exact) mass is 436 g/mol. The van der Waals surface area contributed by atoms with Crippen LogP contribution in [0.2, 0.25) is 0 Å². The lowest BCUT2D eigenvalue weighted by atomic mass is 9.84. The quantitative estimate of drug-likeness (QED) is 0.753. The van der Waals surface area contributed by atoms with E-state index in [0.717, 1.165) is 50.8 Å². The predicted molar refractivity (Wildman–Crippen MR) is 126 cm³/mol. The van der Waals surface area contributed by atoms with E-state index in [0.29, 0.717) is 11.7 Å². The zero-order valence-electron chi connectivity index (χ0n) is 17.9. The first-order chi connectivity index (χ1) is 15.3. The van der Waals surface area contributed by atoms with Crippen LogP contribution in [-0.2, 0) is 4.79 Å². The molecule has 163 valence electrons. The molecular formula is C24H30N5OS. The van der Waals surface area contributed by atoms with E-state index in [-0.39, 0.29) is 5.91 Å². The van der Waals surface area contributed by atoms with Crippen LogP contribution in [0, 0.1) is 5.92 Å². The van der Waals surface area contributed by atoms with Crippen molar-refractivity contribution in [1.82, 2.24) is 19.9 Å². The molecule has 0 atom stereocenters. The topological polar surface area (TPSA) is 62.6 Å². The Labute approximate surface area is 188 Å². The van der Waals surface area contributed by atoms with Gasteiger partial charge in [0.1, 0.15) is 11.5 Å². The standard InChI is InChI=1S/C24H30N5OS/c30-24(21-5-3-12-25-21)26-19-9-7-18(8-10-19)11-13-28-14-16-29(17-15-28)23-20-4-1-2-6-22(20)31-27-23/h1-6,12,18-19H,7-11,13-17H2,(H,26,30). The van der Waals surface area contributed by atoms with Crippen LogP contribution in [0.4, 0.5) is 5.82 Å². The molecule has 5 rings (SSSR count). The van der Waals surface area contributed by atoms with Crippen molar-refractivity contribution in [3.8, 4) is 0 Å². The second kappa shape index (κ2) is 9.40. The number of nitrogens with zero attached hydrogens (tertiary/aromatic N) is 4. The summed E-state index contributed by atoms with van der Waals surface area (Å²) in [5, 5.41) is 8.54. The van der Waals surface area contributed by atoms with E-state index in [1.54, 1.807) is 23.8 Å². The highest BCUT2D eigenvalue weighted by Crippen LogP contribution is 2.30. The summed E-state index contributed by atoms with van der Waals surface area (Å²) < 4.78 is 6.00. The molecule has 1 aliphatic carbocycles. The first kappa shape index (κ1) is 20.5. The first-order valence-electron chi connectivity index (χ1n) is 11.5. The molecule has 2 fully saturated rings. The molecule has 6 nitrogen and oxygen atoms in total. The van der Waals surface area contributed by atoms with Crippen molar-refractivity contribution in [1.29, 1.82) is 0 Å². The molecule has 0 spiro atoms. The summed E-state index contributed by atoms with van der Waals surface area (Å²) in [5.74, 6) is 1.92. The Bertz CT molecular complexity index is 967. The highest BCUT2D eigenvalue weighted by atomic mass is 32.1. The van der Waals surface area contributed by atoms with Gasteiger partial charge in [0.15, 0.2) is 0 Å². The van der Waals surface area contributed by atoms with Gasteiger partial charge in [-0.1, -0.05) is 12.1 Å². The van der Waals surface area contributed by atoms with Crippen LogP contribution in [0.5, 0.6) is 0 Å². The van der Waals surface area contributed by atoms with Gasteiger partial charge in [-0.05, 0) is 80.4 Å². The molecule has 0 unspecified atom stereocenters. The van der Waals surface area contributed by atoms with Crippen molar-refractivity contribution < 1.29 is 4.79 Å². The number of carbonyl (C=O) groups is 1. The molecule has 0 bridgehead atoms. The maximum absolute atomic E-state index is 12.2. The van der Waals surface area contributed by atoms with Crippen molar-refractivity contribution in [2.45, 2.75) is 38.1 Å². The van der Waals surface area contributed by atoms with Crippen LogP contribution in [0.1, 0.15) is 32.1 Å². The van der Waals surface area contributed by atoms with Gasteiger partial charge in [0, 0.05) is 43.8 Å². The Morgan fingerprint density at radius 1 is 1.10 bits per heavy atom. The Kier molecular flexibility index (Phi) is 6.22. The number of anilines is 1. The molecule has 1 radical (unpaired) electrons. The van der Waals surface area contributed by atoms with Crippen molar-refractivity contribution in [3.63, 3.8) is 0 Å². The van der Waals surface area contributed by atoms with E-state index in [1.807, 2.05) is 6.08 Å². The third-order valence-corrected chi connectivity index (χ3v) is 7.67. The molecule has 1 amide bonds. The van der Waals surface area contributed by atoms with Crippen LogP contribution in [0.3, 0.4) is 0 Å². The van der Waals surface area contributed by atoms with Gasteiger partial charge in [-0.25, -0.2) is 0 Å². The molecule has 1 aromatic heterocycles. The van der Waals surface area contributed by atoms with Crippen LogP contribution in [0.25, 0.3) is 10.1 Å². The number of piperazine rings is 1. The summed E-state index contributed by atoms with van der Waals surface area (Å²) >= 11 is 1.61. The lowest BCUT2D eigenvalue weighted by Crippen LogP contribution is -2.47. The zero-order valence-corrected chi connectivity index (χ0v) is 18.7. The Balaban J connectivity index is 1.02. The molecule has 2 aliphatic heterocycles. The van der Waals surface area contributed by atoms with Gasteiger partial charge in [-0.3, -0.25) is 15.0 Å². The molecule has 1 N–H and O–H groups in total. The minimum Gasteiger partial charge on any atom is -0.353 e. The van der Waals surface area contributed by atoms with E-state index >= 15 is 0 Å². The maximum Gasteiger partial charge on any atom is 0.270 e. The number of carbonyl (C=O) groups excluding carboxylic acids is 1. The number of fused-ring (bicyclic) bond motifs is 1. The third kappa shape index (κ3) is 4.77. The van der Waals surface area contributed by atoms with Crippen molar-refractivity contribution in [2.24, 2.45) is 5.92 Å². The van der Waals surface area contributed by atoms with Gasteiger partial charge < -0.3 is 10.2 Å². The third-order valence-electron chi connectivity index (χ3n) is 6.85. The van der Waals surface area contributed by atoms with Crippen molar-refractivity contribution >= 4 is 33.3 Å². The number of rotatable bonds is 6. The molecular weight excluding hydrogens is 406 g/mol. The average molecular weight is 437 g/mol. The van der Waals surface area contributed by atoms with Gasteiger partial charge in [-0.2, -0.15) is 4.37 Å². The summed E-state index contributed by atoms with van der Waals surface area (Å²) in [5.41, 5.74) is 0.534. The van der Waals surface area contributed by atoms with E-state index < -0.39 is 0 Å². The number of nitrogens with one attached hydrogen (secondary N) is 1. The van der Waals surface area contributed by atoms with Gasteiger partial charge in [0.25, 0.3) is 5.91 Å². The average Bonchev–Trinajstić information content (AvgIpc) is 3.49. The fourth-order valence-corrected chi connectivity index (χ4v) is 5.73. The minimum absolute atomic E-state index is 0.0285. The van der Waals surface area contributed by atoms with E-state index in [4.69, 9.17) is 4.37 Å². The molecule has 3 heterocycles. The Morgan fingerprint density at radius 2 is 1.90 bits per heavy atom. The minimum atomic E-state index is -0.0285. The summed E-state index contributed by atoms with van der Waals surface area (Å²) in [4.78, 5) is 17.2. The summed E-state index contributed by atoms with van der Waals surface area (Å²) in [7, 11) is 0. The largest absolute Gasteiger partial charge is 0.353 e. The summed E-state index contributed by atoms with van der Waals surface area (Å²) in [6.07, 6.45) is 11.1. The normalized spacial score (nSPS) is 24.3. The van der Waals surface area contributed by atoms with Crippen molar-refractivity contribution in [3.05, 3.63) is 48.3 Å². The van der Waals surface area contributed by atoms with Crippen LogP contribution in [-0.4, -0.2) is 53.9 Å². The Morgan fingerprint density at radius 3 is 2.68 bits per heavy atom. The highest BCUT2D eigenvalue weighted by Gasteiger charge is 2.25. The number of hydrogen-bond acceptors (Lipinski definition) is 5. The second-order valence-corrected chi connectivity index (χ2v) is 9.64. The van der Waals surface area contributed by atoms with Gasteiger partial charge in [0.2, 0.25) is 0 Å². The molecule has 7 heteroatoms. The Hall–Kier alpha value is -2.38. The molecule has 1 aromatic carbocycles. The number of hydrogen-bond donors (Lipinski definition) is 1. The lowest BCUT2D eigenvalue weighted by Gasteiger charge is -2.36. The van der Waals surface area contributed by atoms with Crippen LogP contribution < -0.4 is 15.5 Å². The fourth-order valence-electron chi connectivity index (χ4n) is 4.94. The SMILES string of the molecule is O=C(NC1CCC(CCN2CCN(c3nsc4ccccc34)CC2)CC1)C1=CC=C[N]1. The number of aromatic nitrogens is 1. The van der Waals surface area contributed by atoms with E-state index in [1.165, 1.54) is 35.9 Å². The maximum atomic E-state index is 12.2. The predicted octanol–water partition coefficient (Wildman–Crippen LogP) is 3.50. The summed E-state index contributed by atoms with van der Waals surface area (Å²) in [6.45, 7) is 5.53. The van der Waals surface area contributed by atoms with Crippen LogP contribution in [0.15, 0.2) is 48.3 Å². The van der Waals surface area contributed by atoms with E-state index in [9.17, 15) is 4.79 Å². The smallest absolute Gasteiger partial charge is 0.270 e. The lowest BCUT2D eigenvalue weighted by molar-refractivity contribution is -0.118. The fraction of sp³-hybridized carbons (Fsp3) is 0.500. The summed E-state index contributed by atoms with van der Waals surface area (Å²) in [6, 6.07) is 8.84. The molecule has 1 saturated carbocycles. The number of benzene rings is 1. The molecule has 2 aromatic rings. The van der Waals surface area contributed by atoms with Gasteiger partial charge in [-0.15, -0.1) is 0 Å². The number of allylic oxidation sites excluding steroid dienone is 2.